The molecule has 0 saturated heterocycles. The van der Waals surface area contributed by atoms with Gasteiger partial charge in [-0.3, -0.25) is 9.78 Å². The lowest BCUT2D eigenvalue weighted by molar-refractivity contribution is 0.663. The molecule has 0 amide bonds. The number of hydrogen-bond acceptors (Lipinski definition) is 5. The quantitative estimate of drug-likeness (QED) is 0.775. The number of hydrogen-bond donors (Lipinski definition) is 2. The number of aromatic amines is 1. The van der Waals surface area contributed by atoms with Crippen molar-refractivity contribution < 1.29 is 0 Å². The van der Waals surface area contributed by atoms with Crippen molar-refractivity contribution in [3.63, 3.8) is 0 Å². The zero-order valence-electron chi connectivity index (χ0n) is 11.9. The van der Waals surface area contributed by atoms with Crippen molar-refractivity contribution in [3.05, 3.63) is 56.7 Å². The highest BCUT2D eigenvalue weighted by Crippen LogP contribution is 2.25. The number of aryl methyl sites for hydroxylation is 2. The molecule has 21 heavy (non-hydrogen) atoms. The Labute approximate surface area is 126 Å². The maximum Gasteiger partial charge on any atom is 0.259 e. The standard InChI is InChI=1S/C15H16N4OS/c1-9-10(2)21-15-13(9)14(20)18-12(19-15)8-17-7-11-3-5-16-6-4-11/h3-6,17H,7-8H2,1-2H3,(H,18,19,20). The summed E-state index contributed by atoms with van der Waals surface area (Å²) in [4.78, 5) is 25.5. The minimum absolute atomic E-state index is 0.0532. The summed E-state index contributed by atoms with van der Waals surface area (Å²) in [6.45, 7) is 5.23. The molecule has 0 atom stereocenters. The molecule has 3 aromatic heterocycles. The van der Waals surface area contributed by atoms with Gasteiger partial charge >= 0.3 is 0 Å². The van der Waals surface area contributed by atoms with Crippen molar-refractivity contribution in [2.45, 2.75) is 26.9 Å². The highest BCUT2D eigenvalue weighted by Gasteiger charge is 2.11. The maximum atomic E-state index is 12.1. The van der Waals surface area contributed by atoms with Crippen molar-refractivity contribution >= 4 is 21.6 Å². The molecule has 0 aliphatic heterocycles. The predicted octanol–water partition coefficient (Wildman–Crippen LogP) is 2.29. The third-order valence-corrected chi connectivity index (χ3v) is 4.56. The largest absolute Gasteiger partial charge is 0.309 e. The Morgan fingerprint density at radius 2 is 2.00 bits per heavy atom. The van der Waals surface area contributed by atoms with E-state index in [1.54, 1.807) is 23.7 Å². The summed E-state index contributed by atoms with van der Waals surface area (Å²) in [5.74, 6) is 0.669. The Morgan fingerprint density at radius 1 is 1.24 bits per heavy atom. The average molecular weight is 300 g/mol. The fourth-order valence-electron chi connectivity index (χ4n) is 2.21. The summed E-state index contributed by atoms with van der Waals surface area (Å²) in [6.07, 6.45) is 3.53. The van der Waals surface area contributed by atoms with E-state index < -0.39 is 0 Å². The van der Waals surface area contributed by atoms with Gasteiger partial charge in [-0.1, -0.05) is 0 Å². The first-order chi connectivity index (χ1) is 10.1. The zero-order chi connectivity index (χ0) is 14.8. The van der Waals surface area contributed by atoms with E-state index >= 15 is 0 Å². The molecule has 0 spiro atoms. The van der Waals surface area contributed by atoms with Crippen LogP contribution in [-0.4, -0.2) is 15.0 Å². The monoisotopic (exact) mass is 300 g/mol. The molecule has 3 heterocycles. The van der Waals surface area contributed by atoms with Crippen molar-refractivity contribution in [1.82, 2.24) is 20.3 Å². The number of nitrogens with zero attached hydrogens (tertiary/aromatic N) is 2. The molecule has 0 aliphatic rings. The Hall–Kier alpha value is -2.05. The van der Waals surface area contributed by atoms with E-state index in [1.165, 1.54) is 0 Å². The van der Waals surface area contributed by atoms with Crippen LogP contribution in [0.3, 0.4) is 0 Å². The summed E-state index contributed by atoms with van der Waals surface area (Å²) in [5, 5.41) is 3.99. The fraction of sp³-hybridized carbons (Fsp3) is 0.267. The van der Waals surface area contributed by atoms with Crippen molar-refractivity contribution in [2.75, 3.05) is 0 Å². The van der Waals surface area contributed by atoms with Gasteiger partial charge in [0, 0.05) is 23.8 Å². The lowest BCUT2D eigenvalue weighted by atomic mass is 10.2. The first-order valence-corrected chi connectivity index (χ1v) is 7.55. The van der Waals surface area contributed by atoms with Crippen LogP contribution in [0.4, 0.5) is 0 Å². The van der Waals surface area contributed by atoms with Crippen molar-refractivity contribution in [1.29, 1.82) is 0 Å². The minimum Gasteiger partial charge on any atom is -0.309 e. The molecular weight excluding hydrogens is 284 g/mol. The zero-order valence-corrected chi connectivity index (χ0v) is 12.8. The van der Waals surface area contributed by atoms with E-state index in [-0.39, 0.29) is 5.56 Å². The van der Waals surface area contributed by atoms with Gasteiger partial charge in [0.1, 0.15) is 10.7 Å². The minimum atomic E-state index is -0.0532. The van der Waals surface area contributed by atoms with Gasteiger partial charge in [0.15, 0.2) is 0 Å². The molecule has 3 rings (SSSR count). The van der Waals surface area contributed by atoms with Crippen LogP contribution in [-0.2, 0) is 13.1 Å². The van der Waals surface area contributed by atoms with Crippen molar-refractivity contribution in [2.24, 2.45) is 0 Å². The summed E-state index contributed by atoms with van der Waals surface area (Å²) in [7, 11) is 0. The van der Waals surface area contributed by atoms with Crippen LogP contribution in [0, 0.1) is 13.8 Å². The Bertz CT molecular complexity index is 823. The number of fused-ring (bicyclic) bond motifs is 1. The van der Waals surface area contributed by atoms with Crippen LogP contribution in [0.2, 0.25) is 0 Å². The molecule has 6 heteroatoms. The number of nitrogens with one attached hydrogen (secondary N) is 2. The molecule has 0 aromatic carbocycles. The molecule has 5 nitrogen and oxygen atoms in total. The number of pyridine rings is 1. The van der Waals surface area contributed by atoms with Gasteiger partial charge in [0.05, 0.1) is 11.9 Å². The number of aromatic nitrogens is 3. The van der Waals surface area contributed by atoms with Gasteiger partial charge in [-0.2, -0.15) is 0 Å². The van der Waals surface area contributed by atoms with E-state index in [0.29, 0.717) is 18.9 Å². The second-order valence-electron chi connectivity index (χ2n) is 4.94. The normalized spacial score (nSPS) is 11.1. The highest BCUT2D eigenvalue weighted by molar-refractivity contribution is 7.18. The van der Waals surface area contributed by atoms with Crippen molar-refractivity contribution in [3.8, 4) is 0 Å². The predicted molar refractivity (Wildman–Crippen MR) is 84.5 cm³/mol. The first-order valence-electron chi connectivity index (χ1n) is 6.73. The van der Waals surface area contributed by atoms with Crippen LogP contribution in [0.1, 0.15) is 21.8 Å². The second-order valence-corrected chi connectivity index (χ2v) is 6.14. The average Bonchev–Trinajstić information content (AvgIpc) is 2.75. The fourth-order valence-corrected chi connectivity index (χ4v) is 3.26. The van der Waals surface area contributed by atoms with Gasteiger partial charge in [-0.25, -0.2) is 4.98 Å². The summed E-state index contributed by atoms with van der Waals surface area (Å²) >= 11 is 1.57. The van der Waals surface area contributed by atoms with E-state index in [1.807, 2.05) is 26.0 Å². The first kappa shape index (κ1) is 13.9. The SMILES string of the molecule is Cc1sc2nc(CNCc3ccncc3)[nH]c(=O)c2c1C. The maximum absolute atomic E-state index is 12.1. The topological polar surface area (TPSA) is 70.7 Å². The third kappa shape index (κ3) is 2.86. The molecule has 0 saturated carbocycles. The van der Waals surface area contributed by atoms with Gasteiger partial charge in [0.2, 0.25) is 0 Å². The summed E-state index contributed by atoms with van der Waals surface area (Å²) in [5.41, 5.74) is 2.12. The Morgan fingerprint density at radius 3 is 2.76 bits per heavy atom. The number of H-pyrrole nitrogens is 1. The Kier molecular flexibility index (Phi) is 3.81. The second kappa shape index (κ2) is 5.75. The van der Waals surface area contributed by atoms with E-state index in [4.69, 9.17) is 0 Å². The van der Waals surface area contributed by atoms with Gasteiger partial charge in [0.25, 0.3) is 5.56 Å². The van der Waals surface area contributed by atoms with E-state index in [0.717, 1.165) is 26.2 Å². The number of thiophene rings is 1. The van der Waals surface area contributed by atoms with Crippen LogP contribution in [0.25, 0.3) is 10.2 Å². The van der Waals surface area contributed by atoms with Crippen LogP contribution < -0.4 is 10.9 Å². The molecule has 0 fully saturated rings. The molecule has 108 valence electrons. The highest BCUT2D eigenvalue weighted by atomic mass is 32.1. The molecular formula is C15H16N4OS. The molecule has 0 unspecified atom stereocenters. The van der Waals surface area contributed by atoms with Crippen LogP contribution >= 0.6 is 11.3 Å². The lowest BCUT2D eigenvalue weighted by Crippen LogP contribution is -2.19. The summed E-state index contributed by atoms with van der Waals surface area (Å²) in [6, 6.07) is 3.91. The Balaban J connectivity index is 1.77. The lowest BCUT2D eigenvalue weighted by Gasteiger charge is -2.04. The van der Waals surface area contributed by atoms with Gasteiger partial charge in [-0.15, -0.1) is 11.3 Å². The molecule has 2 N–H and O–H groups in total. The van der Waals surface area contributed by atoms with Crippen LogP contribution in [0.5, 0.6) is 0 Å². The molecule has 3 aromatic rings. The number of rotatable bonds is 4. The van der Waals surface area contributed by atoms with E-state index in [9.17, 15) is 4.79 Å². The molecule has 0 bridgehead atoms. The molecule has 0 radical (unpaired) electrons. The smallest absolute Gasteiger partial charge is 0.259 e. The van der Waals surface area contributed by atoms with Gasteiger partial charge < -0.3 is 10.3 Å². The van der Waals surface area contributed by atoms with E-state index in [2.05, 4.69) is 20.3 Å². The van der Waals surface area contributed by atoms with Crippen LogP contribution in [0.15, 0.2) is 29.3 Å². The summed E-state index contributed by atoms with van der Waals surface area (Å²) < 4.78 is 0. The van der Waals surface area contributed by atoms with Gasteiger partial charge in [-0.05, 0) is 37.1 Å². The molecule has 0 aliphatic carbocycles. The third-order valence-electron chi connectivity index (χ3n) is 3.46.